The number of thiazole rings is 1. The Balaban J connectivity index is 1.79. The number of aryl methyl sites for hydroxylation is 1. The Bertz CT molecular complexity index is 884. The van der Waals surface area contributed by atoms with Gasteiger partial charge in [-0.3, -0.25) is 9.78 Å². The van der Waals surface area contributed by atoms with Crippen molar-refractivity contribution in [1.82, 2.24) is 15.3 Å². The summed E-state index contributed by atoms with van der Waals surface area (Å²) in [5.41, 5.74) is 4.80. The summed E-state index contributed by atoms with van der Waals surface area (Å²) in [7, 11) is 0. The molecular formula is C21H23N3OS. The molecule has 0 spiro atoms. The van der Waals surface area contributed by atoms with Gasteiger partial charge in [-0.25, -0.2) is 4.98 Å². The molecule has 134 valence electrons. The van der Waals surface area contributed by atoms with E-state index >= 15 is 0 Å². The van der Waals surface area contributed by atoms with Gasteiger partial charge < -0.3 is 5.32 Å². The molecule has 3 rings (SSSR count). The van der Waals surface area contributed by atoms with Crippen LogP contribution in [0.3, 0.4) is 0 Å². The molecule has 1 aromatic carbocycles. The first-order valence-corrected chi connectivity index (χ1v) is 9.77. The van der Waals surface area contributed by atoms with Gasteiger partial charge in [0.25, 0.3) is 5.91 Å². The van der Waals surface area contributed by atoms with Crippen molar-refractivity contribution in [2.24, 2.45) is 0 Å². The van der Waals surface area contributed by atoms with Gasteiger partial charge in [-0.05, 0) is 44.5 Å². The molecule has 0 saturated carbocycles. The summed E-state index contributed by atoms with van der Waals surface area (Å²) in [5, 5.41) is 5.94. The van der Waals surface area contributed by atoms with Crippen molar-refractivity contribution in [2.75, 3.05) is 0 Å². The molecule has 0 aliphatic rings. The smallest absolute Gasteiger partial charge is 0.251 e. The fraction of sp³-hybridized carbons (Fsp3) is 0.286. The molecule has 0 radical (unpaired) electrons. The van der Waals surface area contributed by atoms with Crippen LogP contribution in [0.4, 0.5) is 0 Å². The minimum absolute atomic E-state index is 0.0502. The molecule has 0 aliphatic carbocycles. The van der Waals surface area contributed by atoms with Gasteiger partial charge in [0.15, 0.2) is 0 Å². The maximum absolute atomic E-state index is 12.0. The first-order chi connectivity index (χ1) is 12.6. The van der Waals surface area contributed by atoms with E-state index in [0.717, 1.165) is 40.4 Å². The summed E-state index contributed by atoms with van der Waals surface area (Å²) in [6.45, 7) is 6.06. The Labute approximate surface area is 158 Å². The number of nitrogens with one attached hydrogen (secondary N) is 1. The molecule has 2 heterocycles. The van der Waals surface area contributed by atoms with E-state index in [2.05, 4.69) is 28.7 Å². The first kappa shape index (κ1) is 18.3. The number of benzene rings is 1. The third-order valence-electron chi connectivity index (χ3n) is 3.94. The van der Waals surface area contributed by atoms with Crippen LogP contribution in [0.15, 0.2) is 48.0 Å². The molecule has 0 aliphatic heterocycles. The zero-order valence-electron chi connectivity index (χ0n) is 15.3. The van der Waals surface area contributed by atoms with Crippen LogP contribution < -0.4 is 5.32 Å². The molecule has 0 saturated heterocycles. The molecule has 2 aromatic heterocycles. The van der Waals surface area contributed by atoms with Crippen LogP contribution in [0.5, 0.6) is 0 Å². The summed E-state index contributed by atoms with van der Waals surface area (Å²) >= 11 is 1.63. The standard InChI is InChI=1S/C21H23N3OS/c1-4-5-18-12-17(10-11-22-18)21-24-19(13-26-21)15-6-8-16(9-7-15)20(25)23-14(2)3/h6-14H,4-5H2,1-3H3,(H,23,25). The highest BCUT2D eigenvalue weighted by atomic mass is 32.1. The Morgan fingerprint density at radius 2 is 1.92 bits per heavy atom. The largest absolute Gasteiger partial charge is 0.350 e. The lowest BCUT2D eigenvalue weighted by atomic mass is 10.1. The van der Waals surface area contributed by atoms with E-state index in [-0.39, 0.29) is 11.9 Å². The van der Waals surface area contributed by atoms with E-state index in [4.69, 9.17) is 4.98 Å². The van der Waals surface area contributed by atoms with E-state index in [1.807, 2.05) is 50.4 Å². The minimum atomic E-state index is -0.0502. The molecule has 0 fully saturated rings. The maximum Gasteiger partial charge on any atom is 0.251 e. The number of aromatic nitrogens is 2. The number of nitrogens with zero attached hydrogens (tertiary/aromatic N) is 2. The lowest BCUT2D eigenvalue weighted by molar-refractivity contribution is 0.0943. The lowest BCUT2D eigenvalue weighted by Crippen LogP contribution is -2.29. The van der Waals surface area contributed by atoms with Crippen LogP contribution in [0.1, 0.15) is 43.2 Å². The zero-order chi connectivity index (χ0) is 18.5. The topological polar surface area (TPSA) is 54.9 Å². The third kappa shape index (κ3) is 4.35. The zero-order valence-corrected chi connectivity index (χ0v) is 16.1. The Morgan fingerprint density at radius 3 is 2.62 bits per heavy atom. The van der Waals surface area contributed by atoms with Crippen molar-refractivity contribution in [2.45, 2.75) is 39.7 Å². The van der Waals surface area contributed by atoms with Gasteiger partial charge in [-0.2, -0.15) is 0 Å². The quantitative estimate of drug-likeness (QED) is 0.671. The second-order valence-corrected chi connectivity index (χ2v) is 7.39. The van der Waals surface area contributed by atoms with E-state index in [0.29, 0.717) is 5.56 Å². The van der Waals surface area contributed by atoms with Gasteiger partial charge in [0.1, 0.15) is 5.01 Å². The summed E-state index contributed by atoms with van der Waals surface area (Å²) in [6.07, 6.45) is 3.91. The number of hydrogen-bond acceptors (Lipinski definition) is 4. The molecule has 4 nitrogen and oxygen atoms in total. The van der Waals surface area contributed by atoms with Gasteiger partial charge in [0.05, 0.1) is 5.69 Å². The monoisotopic (exact) mass is 365 g/mol. The van der Waals surface area contributed by atoms with E-state index < -0.39 is 0 Å². The Kier molecular flexibility index (Phi) is 5.78. The third-order valence-corrected chi connectivity index (χ3v) is 4.83. The highest BCUT2D eigenvalue weighted by Crippen LogP contribution is 2.29. The highest BCUT2D eigenvalue weighted by Gasteiger charge is 2.10. The van der Waals surface area contributed by atoms with Crippen molar-refractivity contribution in [3.05, 3.63) is 59.2 Å². The molecule has 0 atom stereocenters. The van der Waals surface area contributed by atoms with Crippen molar-refractivity contribution < 1.29 is 4.79 Å². The number of hydrogen-bond donors (Lipinski definition) is 1. The minimum Gasteiger partial charge on any atom is -0.350 e. The maximum atomic E-state index is 12.0. The second kappa shape index (κ2) is 8.23. The molecule has 5 heteroatoms. The summed E-state index contributed by atoms with van der Waals surface area (Å²) in [6, 6.07) is 11.8. The molecule has 26 heavy (non-hydrogen) atoms. The van der Waals surface area contributed by atoms with E-state index in [1.165, 1.54) is 0 Å². The Hall–Kier alpha value is -2.53. The molecule has 1 amide bonds. The summed E-state index contributed by atoms with van der Waals surface area (Å²) < 4.78 is 0. The van der Waals surface area contributed by atoms with Crippen LogP contribution in [-0.2, 0) is 6.42 Å². The predicted molar refractivity (Wildman–Crippen MR) is 107 cm³/mol. The second-order valence-electron chi connectivity index (χ2n) is 6.53. The number of rotatable bonds is 6. The molecule has 0 bridgehead atoms. The highest BCUT2D eigenvalue weighted by molar-refractivity contribution is 7.13. The normalized spacial score (nSPS) is 10.9. The van der Waals surface area contributed by atoms with Crippen molar-refractivity contribution in [1.29, 1.82) is 0 Å². The fourth-order valence-corrected chi connectivity index (χ4v) is 3.51. The average Bonchev–Trinajstić information content (AvgIpc) is 3.12. The van der Waals surface area contributed by atoms with Crippen molar-refractivity contribution in [3.63, 3.8) is 0 Å². The summed E-state index contributed by atoms with van der Waals surface area (Å²) in [5.74, 6) is -0.0502. The van der Waals surface area contributed by atoms with Gasteiger partial charge in [-0.15, -0.1) is 11.3 Å². The van der Waals surface area contributed by atoms with Crippen LogP contribution in [0.25, 0.3) is 21.8 Å². The van der Waals surface area contributed by atoms with Crippen molar-refractivity contribution in [3.8, 4) is 21.8 Å². The summed E-state index contributed by atoms with van der Waals surface area (Å²) in [4.78, 5) is 21.2. The fourth-order valence-electron chi connectivity index (χ4n) is 2.68. The van der Waals surface area contributed by atoms with E-state index in [9.17, 15) is 4.79 Å². The van der Waals surface area contributed by atoms with Crippen LogP contribution in [0, 0.1) is 0 Å². The average molecular weight is 366 g/mol. The molecule has 1 N–H and O–H groups in total. The predicted octanol–water partition coefficient (Wildman–Crippen LogP) is 4.96. The molecule has 0 unspecified atom stereocenters. The lowest BCUT2D eigenvalue weighted by Gasteiger charge is -2.08. The van der Waals surface area contributed by atoms with Crippen LogP contribution in [-0.4, -0.2) is 21.9 Å². The van der Waals surface area contributed by atoms with Gasteiger partial charge in [0.2, 0.25) is 0 Å². The number of pyridine rings is 1. The number of carbonyl (C=O) groups excluding carboxylic acids is 1. The van der Waals surface area contributed by atoms with Crippen molar-refractivity contribution >= 4 is 17.2 Å². The van der Waals surface area contributed by atoms with Gasteiger partial charge in [-0.1, -0.05) is 25.5 Å². The molecule has 3 aromatic rings. The van der Waals surface area contributed by atoms with Gasteiger partial charge in [0, 0.05) is 40.0 Å². The Morgan fingerprint density at radius 1 is 1.15 bits per heavy atom. The first-order valence-electron chi connectivity index (χ1n) is 8.89. The molecular weight excluding hydrogens is 342 g/mol. The number of amides is 1. The van der Waals surface area contributed by atoms with Crippen LogP contribution in [0.2, 0.25) is 0 Å². The van der Waals surface area contributed by atoms with E-state index in [1.54, 1.807) is 11.3 Å². The van der Waals surface area contributed by atoms with Crippen LogP contribution >= 0.6 is 11.3 Å². The van der Waals surface area contributed by atoms with Gasteiger partial charge >= 0.3 is 0 Å². The SMILES string of the molecule is CCCc1cc(-c2nc(-c3ccc(C(=O)NC(C)C)cc3)cs2)ccn1. The number of carbonyl (C=O) groups is 1.